The molecule has 0 bridgehead atoms. The minimum atomic E-state index is -0.000137. The molecular weight excluding hydrogens is 428 g/mol. The Morgan fingerprint density at radius 1 is 1.00 bits per heavy atom. The second-order valence-corrected chi connectivity index (χ2v) is 7.77. The summed E-state index contributed by atoms with van der Waals surface area (Å²) in [4.78, 5) is 24.5. The van der Waals surface area contributed by atoms with Gasteiger partial charge in [0.1, 0.15) is 0 Å². The molecule has 0 spiro atoms. The number of hydrogen-bond acceptors (Lipinski definition) is 6. The molecule has 1 saturated heterocycles. The number of anilines is 2. The van der Waals surface area contributed by atoms with Crippen molar-refractivity contribution in [1.29, 1.82) is 0 Å². The smallest absolute Gasteiger partial charge is 0.257 e. The number of nitrogens with zero attached hydrogens (tertiary/aromatic N) is 3. The number of amides is 1. The molecule has 1 aliphatic heterocycles. The van der Waals surface area contributed by atoms with Crippen LogP contribution in [0.3, 0.4) is 0 Å². The monoisotopic (exact) mass is 456 g/mol. The molecule has 3 heterocycles. The van der Waals surface area contributed by atoms with Crippen LogP contribution in [0, 0.1) is 6.92 Å². The highest BCUT2D eigenvalue weighted by Crippen LogP contribution is 2.34. The van der Waals surface area contributed by atoms with Crippen LogP contribution in [0.2, 0.25) is 0 Å². The van der Waals surface area contributed by atoms with Gasteiger partial charge in [-0.1, -0.05) is 12.8 Å². The summed E-state index contributed by atoms with van der Waals surface area (Å²) in [7, 11) is 3.21. The third-order valence-corrected chi connectivity index (χ3v) is 5.65. The number of pyridine rings is 2. The Bertz CT molecular complexity index is 1100. The van der Waals surface area contributed by atoms with Gasteiger partial charge in [-0.05, 0) is 44.0 Å². The van der Waals surface area contributed by atoms with E-state index in [9.17, 15) is 4.79 Å². The minimum Gasteiger partial charge on any atom is -0.493 e. The molecule has 1 fully saturated rings. The van der Waals surface area contributed by atoms with Crippen LogP contribution in [0.15, 0.2) is 36.5 Å². The summed E-state index contributed by atoms with van der Waals surface area (Å²) >= 11 is 0. The highest BCUT2D eigenvalue weighted by Gasteiger charge is 2.23. The zero-order chi connectivity index (χ0) is 21.8. The third kappa shape index (κ3) is 4.88. The van der Waals surface area contributed by atoms with Gasteiger partial charge in [0.2, 0.25) is 0 Å². The van der Waals surface area contributed by atoms with E-state index in [1.807, 2.05) is 42.2 Å². The van der Waals surface area contributed by atoms with Crippen molar-refractivity contribution in [3.63, 3.8) is 0 Å². The summed E-state index contributed by atoms with van der Waals surface area (Å²) in [5.41, 5.74) is 3.53. The number of fused-ring (bicyclic) bond motifs is 1. The summed E-state index contributed by atoms with van der Waals surface area (Å²) in [6.07, 6.45) is 6.04. The fourth-order valence-electron chi connectivity index (χ4n) is 3.97. The standard InChI is InChI=1S/C24H28N4O3.ClH/c1-16-8-10-18-22(27-17-9-11-20(30-2)21(14-17)31-3)19(15-25-23(18)26-16)24(29)28-12-6-4-5-7-13-28;/h8-11,14-15H,4-7,12-13H2,1-3H3,(H,25,26,27);1H. The van der Waals surface area contributed by atoms with E-state index in [2.05, 4.69) is 15.3 Å². The van der Waals surface area contributed by atoms with Crippen LogP contribution in [-0.2, 0) is 0 Å². The van der Waals surface area contributed by atoms with Gasteiger partial charge in [0, 0.05) is 42.1 Å². The van der Waals surface area contributed by atoms with Gasteiger partial charge >= 0.3 is 0 Å². The lowest BCUT2D eigenvalue weighted by Gasteiger charge is -2.23. The highest BCUT2D eigenvalue weighted by atomic mass is 35.5. The van der Waals surface area contributed by atoms with Gasteiger partial charge in [0.25, 0.3) is 5.91 Å². The van der Waals surface area contributed by atoms with Gasteiger partial charge in [0.05, 0.1) is 25.5 Å². The molecule has 0 unspecified atom stereocenters. The van der Waals surface area contributed by atoms with Crippen LogP contribution in [0.5, 0.6) is 11.5 Å². The van der Waals surface area contributed by atoms with Gasteiger partial charge < -0.3 is 19.7 Å². The van der Waals surface area contributed by atoms with Crippen LogP contribution >= 0.6 is 12.4 Å². The maximum absolute atomic E-state index is 13.5. The summed E-state index contributed by atoms with van der Waals surface area (Å²) in [6.45, 7) is 3.48. The Labute approximate surface area is 194 Å². The quantitative estimate of drug-likeness (QED) is 0.573. The van der Waals surface area contributed by atoms with E-state index in [1.54, 1.807) is 20.4 Å². The van der Waals surface area contributed by atoms with E-state index in [0.29, 0.717) is 28.4 Å². The second-order valence-electron chi connectivity index (χ2n) is 7.77. The molecule has 1 aliphatic rings. The van der Waals surface area contributed by atoms with E-state index in [4.69, 9.17) is 9.47 Å². The number of halogens is 1. The average molecular weight is 457 g/mol. The van der Waals surface area contributed by atoms with Crippen LogP contribution in [0.1, 0.15) is 41.7 Å². The number of ether oxygens (including phenoxy) is 2. The fraction of sp³-hybridized carbons (Fsp3) is 0.375. The Kier molecular flexibility index (Phi) is 7.75. The Morgan fingerprint density at radius 3 is 2.41 bits per heavy atom. The molecule has 0 radical (unpaired) electrons. The molecule has 1 amide bonds. The summed E-state index contributed by atoms with van der Waals surface area (Å²) in [5, 5.41) is 4.24. The van der Waals surface area contributed by atoms with Gasteiger partial charge in [-0.2, -0.15) is 0 Å². The number of carbonyl (C=O) groups excluding carboxylic acids is 1. The van der Waals surface area contributed by atoms with Crippen molar-refractivity contribution in [2.24, 2.45) is 0 Å². The predicted molar refractivity (Wildman–Crippen MR) is 129 cm³/mol. The number of benzene rings is 1. The molecule has 2 aromatic heterocycles. The summed E-state index contributed by atoms with van der Waals surface area (Å²) < 4.78 is 10.8. The Hall–Kier alpha value is -3.06. The number of likely N-dealkylation sites (tertiary alicyclic amines) is 1. The molecule has 1 N–H and O–H groups in total. The minimum absolute atomic E-state index is 0. The maximum Gasteiger partial charge on any atom is 0.257 e. The van der Waals surface area contributed by atoms with E-state index in [-0.39, 0.29) is 18.3 Å². The lowest BCUT2D eigenvalue weighted by Crippen LogP contribution is -2.32. The zero-order valence-electron chi connectivity index (χ0n) is 18.7. The third-order valence-electron chi connectivity index (χ3n) is 5.65. The number of nitrogens with one attached hydrogen (secondary N) is 1. The van der Waals surface area contributed by atoms with Crippen molar-refractivity contribution in [3.05, 3.63) is 47.8 Å². The normalized spacial score (nSPS) is 13.8. The Balaban J connectivity index is 0.00000289. The largest absolute Gasteiger partial charge is 0.493 e. The molecule has 1 aromatic carbocycles. The van der Waals surface area contributed by atoms with Crippen LogP contribution in [0.25, 0.3) is 11.0 Å². The van der Waals surface area contributed by atoms with Crippen LogP contribution in [0.4, 0.5) is 11.4 Å². The number of aromatic nitrogens is 2. The molecule has 3 aromatic rings. The zero-order valence-corrected chi connectivity index (χ0v) is 19.5. The molecule has 0 aliphatic carbocycles. The molecule has 4 rings (SSSR count). The van der Waals surface area contributed by atoms with Gasteiger partial charge in [0.15, 0.2) is 17.1 Å². The van der Waals surface area contributed by atoms with Crippen LogP contribution in [-0.4, -0.2) is 48.1 Å². The van der Waals surface area contributed by atoms with Crippen molar-refractivity contribution in [3.8, 4) is 11.5 Å². The first kappa shape index (κ1) is 23.6. The SMILES string of the molecule is COc1ccc(Nc2c(C(=O)N3CCCCCC3)cnc3nc(C)ccc23)cc1OC.Cl. The van der Waals surface area contributed by atoms with Gasteiger partial charge in [-0.25, -0.2) is 9.97 Å². The number of rotatable bonds is 5. The van der Waals surface area contributed by atoms with Crippen molar-refractivity contribution in [1.82, 2.24) is 14.9 Å². The molecule has 170 valence electrons. The van der Waals surface area contributed by atoms with Crippen molar-refractivity contribution < 1.29 is 14.3 Å². The number of methoxy groups -OCH3 is 2. The molecule has 8 heteroatoms. The average Bonchev–Trinajstić information content (AvgIpc) is 3.08. The second kappa shape index (κ2) is 10.5. The first-order chi connectivity index (χ1) is 15.1. The predicted octanol–water partition coefficient (Wildman–Crippen LogP) is 5.14. The van der Waals surface area contributed by atoms with E-state index in [1.165, 1.54) is 12.8 Å². The summed E-state index contributed by atoms with van der Waals surface area (Å²) in [6, 6.07) is 9.49. The lowest BCUT2D eigenvalue weighted by atomic mass is 10.1. The van der Waals surface area contributed by atoms with Gasteiger partial charge in [-0.3, -0.25) is 4.79 Å². The molecule has 0 atom stereocenters. The van der Waals surface area contributed by atoms with Crippen molar-refractivity contribution >= 4 is 40.7 Å². The number of aryl methyl sites for hydroxylation is 1. The molecule has 7 nitrogen and oxygen atoms in total. The topological polar surface area (TPSA) is 76.6 Å². The van der Waals surface area contributed by atoms with Crippen LogP contribution < -0.4 is 14.8 Å². The maximum atomic E-state index is 13.5. The Morgan fingerprint density at radius 2 is 1.72 bits per heavy atom. The van der Waals surface area contributed by atoms with Gasteiger partial charge in [-0.15, -0.1) is 12.4 Å². The van der Waals surface area contributed by atoms with E-state index >= 15 is 0 Å². The first-order valence-electron chi connectivity index (χ1n) is 10.7. The first-order valence-corrected chi connectivity index (χ1v) is 10.7. The lowest BCUT2D eigenvalue weighted by molar-refractivity contribution is 0.0762. The van der Waals surface area contributed by atoms with E-state index < -0.39 is 0 Å². The molecule has 0 saturated carbocycles. The highest BCUT2D eigenvalue weighted by molar-refractivity contribution is 6.07. The summed E-state index contributed by atoms with van der Waals surface area (Å²) in [5.74, 6) is 1.26. The molecule has 32 heavy (non-hydrogen) atoms. The fourth-order valence-corrected chi connectivity index (χ4v) is 3.97. The number of carbonyl (C=O) groups is 1. The van der Waals surface area contributed by atoms with E-state index in [0.717, 1.165) is 42.7 Å². The number of hydrogen-bond donors (Lipinski definition) is 1. The molecular formula is C24H29ClN4O3. The van der Waals surface area contributed by atoms with Crippen molar-refractivity contribution in [2.75, 3.05) is 32.6 Å². The van der Waals surface area contributed by atoms with Crippen molar-refractivity contribution in [2.45, 2.75) is 32.6 Å².